The molecule has 2 aromatic rings. The molecule has 0 aliphatic carbocycles. The Morgan fingerprint density at radius 2 is 2.00 bits per heavy atom. The van der Waals surface area contributed by atoms with Crippen molar-refractivity contribution in [2.24, 2.45) is 0 Å². The minimum Gasteiger partial charge on any atom is -0.398 e. The van der Waals surface area contributed by atoms with Gasteiger partial charge in [-0.2, -0.15) is 0 Å². The highest BCUT2D eigenvalue weighted by molar-refractivity contribution is 7.91. The van der Waals surface area contributed by atoms with Crippen LogP contribution in [-0.2, 0) is 16.4 Å². The lowest BCUT2D eigenvalue weighted by Crippen LogP contribution is -2.09. The molecule has 1 aromatic heterocycles. The van der Waals surface area contributed by atoms with Gasteiger partial charge in [-0.25, -0.2) is 8.42 Å². The van der Waals surface area contributed by atoms with Crippen LogP contribution < -0.4 is 11.1 Å². The van der Waals surface area contributed by atoms with Crippen molar-refractivity contribution in [2.75, 3.05) is 16.8 Å². The van der Waals surface area contributed by atoms with Crippen molar-refractivity contribution in [3.05, 3.63) is 40.6 Å². The lowest BCUT2D eigenvalue weighted by atomic mass is 10.3. The highest BCUT2D eigenvalue weighted by Crippen LogP contribution is 2.25. The number of para-hydroxylation sites is 1. The van der Waals surface area contributed by atoms with Crippen LogP contribution >= 0.6 is 11.3 Å². The Hall–Kier alpha value is -1.53. The number of anilines is 2. The van der Waals surface area contributed by atoms with E-state index in [1.54, 1.807) is 36.5 Å². The van der Waals surface area contributed by atoms with Gasteiger partial charge in [0.1, 0.15) is 0 Å². The number of rotatable bonds is 5. The number of benzene rings is 1. The third kappa shape index (κ3) is 3.08. The van der Waals surface area contributed by atoms with Crippen molar-refractivity contribution in [1.82, 2.24) is 0 Å². The van der Waals surface area contributed by atoms with Gasteiger partial charge in [-0.15, -0.1) is 11.3 Å². The van der Waals surface area contributed by atoms with E-state index < -0.39 is 9.84 Å². The molecule has 0 unspecified atom stereocenters. The standard InChI is InChI=1S/C13H16N2O2S2/c1-2-19(16,17)13-6-4-3-5-11(13)15-9-12-10(14)7-8-18-12/h3-8,15H,2,9,14H2,1H3. The van der Waals surface area contributed by atoms with Gasteiger partial charge in [0, 0.05) is 10.6 Å². The zero-order chi connectivity index (χ0) is 13.9. The average molecular weight is 296 g/mol. The minimum absolute atomic E-state index is 0.0901. The van der Waals surface area contributed by atoms with Crippen LogP contribution in [0.5, 0.6) is 0 Å². The molecule has 1 heterocycles. The number of sulfone groups is 1. The van der Waals surface area contributed by atoms with Crippen LogP contribution in [0, 0.1) is 0 Å². The molecule has 0 aliphatic heterocycles. The fraction of sp³-hybridized carbons (Fsp3) is 0.231. The van der Waals surface area contributed by atoms with Crippen molar-refractivity contribution in [2.45, 2.75) is 18.4 Å². The summed E-state index contributed by atoms with van der Waals surface area (Å²) in [6.07, 6.45) is 0. The lowest BCUT2D eigenvalue weighted by Gasteiger charge is -2.11. The summed E-state index contributed by atoms with van der Waals surface area (Å²) in [5, 5.41) is 5.07. The van der Waals surface area contributed by atoms with Gasteiger partial charge in [0.25, 0.3) is 0 Å². The lowest BCUT2D eigenvalue weighted by molar-refractivity contribution is 0.597. The molecule has 0 amide bonds. The first-order chi connectivity index (χ1) is 9.04. The molecule has 0 saturated carbocycles. The summed E-state index contributed by atoms with van der Waals surface area (Å²) < 4.78 is 24.0. The molecule has 0 saturated heterocycles. The van der Waals surface area contributed by atoms with Crippen molar-refractivity contribution in [3.8, 4) is 0 Å². The molecule has 2 rings (SSSR count). The monoisotopic (exact) mass is 296 g/mol. The van der Waals surface area contributed by atoms with Gasteiger partial charge in [-0.05, 0) is 23.6 Å². The highest BCUT2D eigenvalue weighted by atomic mass is 32.2. The summed E-state index contributed by atoms with van der Waals surface area (Å²) in [7, 11) is -3.22. The Labute approximate surface area is 117 Å². The molecule has 0 radical (unpaired) electrons. The molecule has 19 heavy (non-hydrogen) atoms. The van der Waals surface area contributed by atoms with Gasteiger partial charge in [0.05, 0.1) is 22.9 Å². The molecule has 0 bridgehead atoms. The van der Waals surface area contributed by atoms with Crippen molar-refractivity contribution >= 4 is 32.5 Å². The van der Waals surface area contributed by atoms with Crippen molar-refractivity contribution in [1.29, 1.82) is 0 Å². The Bertz CT molecular complexity index is 663. The quantitative estimate of drug-likeness (QED) is 0.890. The number of thiophene rings is 1. The molecule has 4 nitrogen and oxygen atoms in total. The number of nitrogens with two attached hydrogens (primary N) is 1. The molecule has 0 atom stereocenters. The number of nitrogen functional groups attached to an aromatic ring is 1. The fourth-order valence-electron chi connectivity index (χ4n) is 1.71. The van der Waals surface area contributed by atoms with Crippen LogP contribution in [0.3, 0.4) is 0 Å². The summed E-state index contributed by atoms with van der Waals surface area (Å²) in [5.41, 5.74) is 7.16. The first-order valence-electron chi connectivity index (χ1n) is 5.92. The van der Waals surface area contributed by atoms with E-state index >= 15 is 0 Å². The van der Waals surface area contributed by atoms with Gasteiger partial charge in [0.15, 0.2) is 9.84 Å². The second-order valence-electron chi connectivity index (χ2n) is 4.05. The third-order valence-electron chi connectivity index (χ3n) is 2.82. The molecule has 0 spiro atoms. The summed E-state index contributed by atoms with van der Waals surface area (Å²) in [6, 6.07) is 8.78. The second kappa shape index (κ2) is 5.63. The zero-order valence-electron chi connectivity index (χ0n) is 10.6. The van der Waals surface area contributed by atoms with E-state index in [1.165, 1.54) is 0 Å². The number of nitrogens with one attached hydrogen (secondary N) is 1. The SMILES string of the molecule is CCS(=O)(=O)c1ccccc1NCc1sccc1N. The van der Waals surface area contributed by atoms with Crippen LogP contribution in [0.25, 0.3) is 0 Å². The van der Waals surface area contributed by atoms with Crippen LogP contribution in [0.2, 0.25) is 0 Å². The molecular formula is C13H16N2O2S2. The Morgan fingerprint density at radius 3 is 2.63 bits per heavy atom. The predicted molar refractivity (Wildman–Crippen MR) is 80.2 cm³/mol. The second-order valence-corrected chi connectivity index (χ2v) is 7.30. The van der Waals surface area contributed by atoms with Gasteiger partial charge in [0.2, 0.25) is 0 Å². The van der Waals surface area contributed by atoms with Crippen LogP contribution in [0.15, 0.2) is 40.6 Å². The number of hydrogen-bond donors (Lipinski definition) is 2. The Kier molecular flexibility index (Phi) is 4.11. The maximum atomic E-state index is 12.0. The summed E-state index contributed by atoms with van der Waals surface area (Å²) in [6.45, 7) is 2.17. The predicted octanol–water partition coefficient (Wildman–Crippen LogP) is 2.74. The van der Waals surface area contributed by atoms with Gasteiger partial charge >= 0.3 is 0 Å². The molecular weight excluding hydrogens is 280 g/mol. The smallest absolute Gasteiger partial charge is 0.180 e. The summed E-state index contributed by atoms with van der Waals surface area (Å²) >= 11 is 1.55. The Morgan fingerprint density at radius 1 is 1.26 bits per heavy atom. The van der Waals surface area contributed by atoms with Crippen LogP contribution in [0.1, 0.15) is 11.8 Å². The van der Waals surface area contributed by atoms with E-state index in [1.807, 2.05) is 17.5 Å². The van der Waals surface area contributed by atoms with Crippen molar-refractivity contribution < 1.29 is 8.42 Å². The van der Waals surface area contributed by atoms with Crippen LogP contribution in [0.4, 0.5) is 11.4 Å². The van der Waals surface area contributed by atoms with E-state index in [-0.39, 0.29) is 5.75 Å². The molecule has 6 heteroatoms. The summed E-state index contributed by atoms with van der Waals surface area (Å²) in [4.78, 5) is 1.34. The van der Waals surface area contributed by atoms with E-state index in [9.17, 15) is 8.42 Å². The van der Waals surface area contributed by atoms with E-state index in [4.69, 9.17) is 5.73 Å². The van der Waals surface area contributed by atoms with Crippen LogP contribution in [-0.4, -0.2) is 14.2 Å². The highest BCUT2D eigenvalue weighted by Gasteiger charge is 2.15. The molecule has 102 valence electrons. The van der Waals surface area contributed by atoms with Gasteiger partial charge in [-0.3, -0.25) is 0 Å². The third-order valence-corrected chi connectivity index (χ3v) is 5.54. The maximum Gasteiger partial charge on any atom is 0.180 e. The van der Waals surface area contributed by atoms with Crippen molar-refractivity contribution in [3.63, 3.8) is 0 Å². The fourth-order valence-corrected chi connectivity index (χ4v) is 3.52. The van der Waals surface area contributed by atoms with Gasteiger partial charge < -0.3 is 11.1 Å². The summed E-state index contributed by atoms with van der Waals surface area (Å²) in [5.74, 6) is 0.0901. The molecule has 0 aliphatic rings. The zero-order valence-corrected chi connectivity index (χ0v) is 12.2. The molecule has 3 N–H and O–H groups in total. The topological polar surface area (TPSA) is 72.2 Å². The first-order valence-corrected chi connectivity index (χ1v) is 8.45. The Balaban J connectivity index is 2.24. The average Bonchev–Trinajstić information content (AvgIpc) is 2.82. The number of hydrogen-bond acceptors (Lipinski definition) is 5. The maximum absolute atomic E-state index is 12.0. The first kappa shape index (κ1) is 13.9. The van der Waals surface area contributed by atoms with E-state index in [0.717, 1.165) is 10.6 Å². The molecule has 0 fully saturated rings. The van der Waals surface area contributed by atoms with E-state index in [2.05, 4.69) is 5.32 Å². The molecule has 1 aromatic carbocycles. The normalized spacial score (nSPS) is 11.4. The largest absolute Gasteiger partial charge is 0.398 e. The van der Waals surface area contributed by atoms with E-state index in [0.29, 0.717) is 17.1 Å². The minimum atomic E-state index is -3.22. The van der Waals surface area contributed by atoms with Gasteiger partial charge in [-0.1, -0.05) is 19.1 Å².